The summed E-state index contributed by atoms with van der Waals surface area (Å²) in [5.41, 5.74) is 0. The van der Waals surface area contributed by atoms with Gasteiger partial charge in [-0.15, -0.1) is 0 Å². The maximum Gasteiger partial charge on any atom is 0.373 e. The van der Waals surface area contributed by atoms with Gasteiger partial charge in [0.1, 0.15) is 5.76 Å². The second kappa shape index (κ2) is 7.11. The van der Waals surface area contributed by atoms with E-state index in [1.165, 1.54) is 24.4 Å². The predicted molar refractivity (Wildman–Crippen MR) is 75.3 cm³/mol. The molecule has 6 heteroatoms. The number of hydrogen-bond donors (Lipinski definition) is 1. The lowest BCUT2D eigenvalue weighted by molar-refractivity contribution is 0.0563. The van der Waals surface area contributed by atoms with E-state index in [1.54, 1.807) is 6.07 Å². The van der Waals surface area contributed by atoms with E-state index in [2.05, 4.69) is 10.1 Å². The minimum absolute atomic E-state index is 0.261. The van der Waals surface area contributed by atoms with Crippen LogP contribution < -0.4 is 5.32 Å². The quantitative estimate of drug-likeness (QED) is 0.836. The number of hydrogen-bond acceptors (Lipinski definition) is 6. The largest absolute Gasteiger partial charge is 0.463 e. The average molecular weight is 287 g/mol. The van der Waals surface area contributed by atoms with Gasteiger partial charge in [-0.2, -0.15) is 23.5 Å². The minimum atomic E-state index is -0.430. The number of carbonyl (C=O) groups excluding carboxylic acids is 1. The van der Waals surface area contributed by atoms with Crippen molar-refractivity contribution in [1.82, 2.24) is 5.32 Å². The van der Waals surface area contributed by atoms with Gasteiger partial charge in [-0.3, -0.25) is 0 Å². The van der Waals surface area contributed by atoms with Gasteiger partial charge in [-0.05, 0) is 12.1 Å². The van der Waals surface area contributed by atoms with Crippen LogP contribution in [0.1, 0.15) is 16.3 Å². The summed E-state index contributed by atoms with van der Waals surface area (Å²) in [6, 6.07) is 3.45. The standard InChI is InChI=1S/C12H17NO3S2/c1-15-12(14)11-3-2-9(16-11)6-13-7-10-8-17-4-5-18-10/h2-3,10,13H,4-8H2,1H3. The fourth-order valence-electron chi connectivity index (χ4n) is 1.69. The van der Waals surface area contributed by atoms with Crippen molar-refractivity contribution >= 4 is 29.5 Å². The molecule has 0 saturated carbocycles. The molecule has 4 nitrogen and oxygen atoms in total. The lowest BCUT2D eigenvalue weighted by atomic mass is 10.4. The Morgan fingerprint density at radius 1 is 1.56 bits per heavy atom. The smallest absolute Gasteiger partial charge is 0.373 e. The topological polar surface area (TPSA) is 51.5 Å². The normalized spacial score (nSPS) is 19.7. The molecule has 1 fully saturated rings. The van der Waals surface area contributed by atoms with Gasteiger partial charge in [0.25, 0.3) is 0 Å². The highest BCUT2D eigenvalue weighted by molar-refractivity contribution is 8.06. The third kappa shape index (κ3) is 3.96. The van der Waals surface area contributed by atoms with Crippen LogP contribution in [0.5, 0.6) is 0 Å². The Balaban J connectivity index is 1.72. The molecule has 1 unspecified atom stereocenters. The van der Waals surface area contributed by atoms with Crippen LogP contribution in [0.3, 0.4) is 0 Å². The van der Waals surface area contributed by atoms with Gasteiger partial charge in [-0.1, -0.05) is 0 Å². The van der Waals surface area contributed by atoms with E-state index in [0.29, 0.717) is 11.8 Å². The summed E-state index contributed by atoms with van der Waals surface area (Å²) in [6.45, 7) is 1.63. The molecule has 1 aromatic heterocycles. The molecular formula is C12H17NO3S2. The van der Waals surface area contributed by atoms with Gasteiger partial charge in [0.2, 0.25) is 5.76 Å². The fraction of sp³-hybridized carbons (Fsp3) is 0.583. The van der Waals surface area contributed by atoms with Gasteiger partial charge < -0.3 is 14.5 Å². The van der Waals surface area contributed by atoms with Crippen molar-refractivity contribution < 1.29 is 13.9 Å². The van der Waals surface area contributed by atoms with E-state index in [1.807, 2.05) is 29.6 Å². The summed E-state index contributed by atoms with van der Waals surface area (Å²) in [5, 5.41) is 4.04. The molecule has 2 rings (SSSR count). The van der Waals surface area contributed by atoms with Gasteiger partial charge >= 0.3 is 5.97 Å². The van der Waals surface area contributed by atoms with E-state index >= 15 is 0 Å². The minimum Gasteiger partial charge on any atom is -0.463 e. The molecule has 100 valence electrons. The van der Waals surface area contributed by atoms with Crippen molar-refractivity contribution in [3.8, 4) is 0 Å². The Labute approximate surface area is 115 Å². The molecule has 1 N–H and O–H groups in total. The first-order valence-corrected chi connectivity index (χ1v) is 8.07. The molecule has 1 saturated heterocycles. The van der Waals surface area contributed by atoms with Crippen LogP contribution >= 0.6 is 23.5 Å². The van der Waals surface area contributed by atoms with Crippen molar-refractivity contribution in [2.45, 2.75) is 11.8 Å². The average Bonchev–Trinajstić information content (AvgIpc) is 2.88. The summed E-state index contributed by atoms with van der Waals surface area (Å²) in [4.78, 5) is 11.2. The maximum atomic E-state index is 11.2. The molecule has 0 aliphatic carbocycles. The number of nitrogens with one attached hydrogen (secondary N) is 1. The summed E-state index contributed by atoms with van der Waals surface area (Å²) in [7, 11) is 1.35. The van der Waals surface area contributed by atoms with E-state index in [4.69, 9.17) is 4.42 Å². The Morgan fingerprint density at radius 3 is 3.17 bits per heavy atom. The third-order valence-electron chi connectivity index (χ3n) is 2.60. The molecule has 0 spiro atoms. The second-order valence-electron chi connectivity index (χ2n) is 3.96. The zero-order valence-corrected chi connectivity index (χ0v) is 11.9. The summed E-state index contributed by atoms with van der Waals surface area (Å²) in [6.07, 6.45) is 0. The molecule has 0 bridgehead atoms. The first-order chi connectivity index (χ1) is 8.79. The second-order valence-corrected chi connectivity index (χ2v) is 6.51. The van der Waals surface area contributed by atoms with Crippen LogP contribution in [0.25, 0.3) is 0 Å². The third-order valence-corrected chi connectivity index (χ3v) is 5.45. The molecule has 2 heterocycles. The fourth-order valence-corrected chi connectivity index (χ4v) is 4.34. The number of esters is 1. The van der Waals surface area contributed by atoms with Crippen LogP contribution in [0.15, 0.2) is 16.5 Å². The van der Waals surface area contributed by atoms with Gasteiger partial charge in [0.05, 0.1) is 13.7 Å². The molecular weight excluding hydrogens is 270 g/mol. The lowest BCUT2D eigenvalue weighted by Crippen LogP contribution is -2.28. The molecule has 0 radical (unpaired) electrons. The van der Waals surface area contributed by atoms with Crippen LogP contribution in [0, 0.1) is 0 Å². The molecule has 1 atom stereocenters. The number of thioether (sulfide) groups is 2. The number of rotatable bonds is 5. The van der Waals surface area contributed by atoms with E-state index < -0.39 is 5.97 Å². The Bertz CT molecular complexity index is 388. The molecule has 0 aromatic carbocycles. The highest BCUT2D eigenvalue weighted by atomic mass is 32.2. The van der Waals surface area contributed by atoms with Crippen molar-refractivity contribution in [1.29, 1.82) is 0 Å². The van der Waals surface area contributed by atoms with Crippen LogP contribution in [0.2, 0.25) is 0 Å². The lowest BCUT2D eigenvalue weighted by Gasteiger charge is -2.20. The molecule has 0 amide bonds. The van der Waals surface area contributed by atoms with Crippen LogP contribution in [-0.4, -0.2) is 42.1 Å². The zero-order chi connectivity index (χ0) is 12.8. The summed E-state index contributed by atoms with van der Waals surface area (Å²) < 4.78 is 9.97. The number of methoxy groups -OCH3 is 1. The Kier molecular flexibility index (Phi) is 5.46. The molecule has 1 aliphatic heterocycles. The molecule has 1 aliphatic rings. The van der Waals surface area contributed by atoms with Gasteiger partial charge in [0.15, 0.2) is 0 Å². The first-order valence-electron chi connectivity index (χ1n) is 5.86. The highest BCUT2D eigenvalue weighted by Gasteiger charge is 2.14. The highest BCUT2D eigenvalue weighted by Crippen LogP contribution is 2.23. The summed E-state index contributed by atoms with van der Waals surface area (Å²) >= 11 is 4.04. The molecule has 1 aromatic rings. The Morgan fingerprint density at radius 2 is 2.44 bits per heavy atom. The van der Waals surface area contributed by atoms with Crippen molar-refractivity contribution in [3.05, 3.63) is 23.7 Å². The van der Waals surface area contributed by atoms with E-state index in [-0.39, 0.29) is 5.76 Å². The monoisotopic (exact) mass is 287 g/mol. The van der Waals surface area contributed by atoms with Gasteiger partial charge in [0, 0.05) is 29.1 Å². The summed E-state index contributed by atoms with van der Waals surface area (Å²) in [5.74, 6) is 4.32. The van der Waals surface area contributed by atoms with Crippen molar-refractivity contribution in [2.75, 3.05) is 30.9 Å². The zero-order valence-electron chi connectivity index (χ0n) is 10.3. The SMILES string of the molecule is COC(=O)c1ccc(CNCC2CSCCS2)o1. The van der Waals surface area contributed by atoms with Crippen LogP contribution in [-0.2, 0) is 11.3 Å². The first kappa shape index (κ1) is 13.8. The van der Waals surface area contributed by atoms with E-state index in [9.17, 15) is 4.79 Å². The predicted octanol–water partition coefficient (Wildman–Crippen LogP) is 2.00. The maximum absolute atomic E-state index is 11.2. The van der Waals surface area contributed by atoms with Gasteiger partial charge in [-0.25, -0.2) is 4.79 Å². The number of ether oxygens (including phenoxy) is 1. The molecule has 18 heavy (non-hydrogen) atoms. The number of carbonyl (C=O) groups is 1. The Hall–Kier alpha value is -0.590. The van der Waals surface area contributed by atoms with Crippen molar-refractivity contribution in [2.24, 2.45) is 0 Å². The van der Waals surface area contributed by atoms with Crippen LogP contribution in [0.4, 0.5) is 0 Å². The van der Waals surface area contributed by atoms with E-state index in [0.717, 1.165) is 12.3 Å². The number of furan rings is 1. The van der Waals surface area contributed by atoms with Crippen molar-refractivity contribution in [3.63, 3.8) is 0 Å².